The summed E-state index contributed by atoms with van der Waals surface area (Å²) in [7, 11) is 0. The Hall–Kier alpha value is -1.44. The zero-order chi connectivity index (χ0) is 15.5. The highest BCUT2D eigenvalue weighted by atomic mass is 35.5. The van der Waals surface area contributed by atoms with Crippen molar-refractivity contribution < 1.29 is 4.79 Å². The number of hydrogen-bond acceptors (Lipinski definition) is 5. The molecule has 0 aliphatic carbocycles. The summed E-state index contributed by atoms with van der Waals surface area (Å²) in [6, 6.07) is 1.96. The molecule has 1 aliphatic heterocycles. The molecule has 0 bridgehead atoms. The van der Waals surface area contributed by atoms with Crippen molar-refractivity contribution in [3.8, 4) is 0 Å². The van der Waals surface area contributed by atoms with Crippen LogP contribution in [0.4, 0.5) is 0 Å². The number of rotatable bonds is 4. The molecule has 2 atom stereocenters. The maximum absolute atomic E-state index is 12.2. The van der Waals surface area contributed by atoms with E-state index in [9.17, 15) is 9.59 Å². The van der Waals surface area contributed by atoms with E-state index in [4.69, 9.17) is 0 Å². The minimum Gasteiger partial charge on any atom is -0.352 e. The van der Waals surface area contributed by atoms with E-state index < -0.39 is 0 Å². The Bertz CT molecular complexity index is 730. The van der Waals surface area contributed by atoms with Crippen LogP contribution in [0.1, 0.15) is 19.8 Å². The van der Waals surface area contributed by atoms with E-state index in [2.05, 4.69) is 22.5 Å². The molecule has 1 saturated heterocycles. The SMILES string of the molecule is CC1CCNCC1NC(=O)CCn1cnc2sccc2c1=O.Cl. The fraction of sp³-hybridized carbons (Fsp3) is 0.533. The number of carbonyl (C=O) groups excluding carboxylic acids is 1. The van der Waals surface area contributed by atoms with Crippen LogP contribution >= 0.6 is 23.7 Å². The summed E-state index contributed by atoms with van der Waals surface area (Å²) in [4.78, 5) is 29.3. The Morgan fingerprint density at radius 1 is 1.57 bits per heavy atom. The molecular formula is C15H21ClN4O2S. The molecule has 1 amide bonds. The number of halogens is 1. The monoisotopic (exact) mass is 356 g/mol. The molecule has 126 valence electrons. The van der Waals surface area contributed by atoms with Gasteiger partial charge in [0.05, 0.1) is 11.7 Å². The summed E-state index contributed by atoms with van der Waals surface area (Å²) in [5.41, 5.74) is -0.0771. The van der Waals surface area contributed by atoms with Crippen LogP contribution in [0.15, 0.2) is 22.6 Å². The molecule has 0 aromatic carbocycles. The molecule has 0 radical (unpaired) electrons. The number of thiophene rings is 1. The minimum absolute atomic E-state index is 0. The van der Waals surface area contributed by atoms with Gasteiger partial charge in [-0.15, -0.1) is 23.7 Å². The summed E-state index contributed by atoms with van der Waals surface area (Å²) in [6.45, 7) is 4.34. The van der Waals surface area contributed by atoms with Crippen LogP contribution in [0, 0.1) is 5.92 Å². The van der Waals surface area contributed by atoms with Crippen molar-refractivity contribution in [3.63, 3.8) is 0 Å². The zero-order valence-corrected chi connectivity index (χ0v) is 14.6. The molecular weight excluding hydrogens is 336 g/mol. The van der Waals surface area contributed by atoms with Crippen LogP contribution in [0.2, 0.25) is 0 Å². The molecule has 3 heterocycles. The van der Waals surface area contributed by atoms with Gasteiger partial charge in [-0.05, 0) is 30.3 Å². The Morgan fingerprint density at radius 3 is 3.17 bits per heavy atom. The van der Waals surface area contributed by atoms with Gasteiger partial charge in [0, 0.05) is 25.6 Å². The fourth-order valence-corrected chi connectivity index (χ4v) is 3.46. The van der Waals surface area contributed by atoms with Crippen molar-refractivity contribution in [2.75, 3.05) is 13.1 Å². The van der Waals surface area contributed by atoms with Crippen molar-refractivity contribution in [1.29, 1.82) is 0 Å². The number of aromatic nitrogens is 2. The summed E-state index contributed by atoms with van der Waals surface area (Å²) in [5.74, 6) is 0.467. The van der Waals surface area contributed by atoms with Crippen LogP contribution in [0.5, 0.6) is 0 Å². The standard InChI is InChI=1S/C15H20N4O2S.ClH/c1-10-2-5-16-8-12(10)18-13(20)3-6-19-9-17-14-11(15(19)21)4-7-22-14;/h4,7,9-10,12,16H,2-3,5-6,8H2,1H3,(H,18,20);1H. The molecule has 2 unspecified atom stereocenters. The summed E-state index contributed by atoms with van der Waals surface area (Å²) >= 11 is 1.45. The highest BCUT2D eigenvalue weighted by Crippen LogP contribution is 2.13. The summed E-state index contributed by atoms with van der Waals surface area (Å²) in [5, 5.41) is 8.83. The summed E-state index contributed by atoms with van der Waals surface area (Å²) in [6.07, 6.45) is 2.89. The number of fused-ring (bicyclic) bond motifs is 1. The molecule has 1 fully saturated rings. The lowest BCUT2D eigenvalue weighted by molar-refractivity contribution is -0.122. The van der Waals surface area contributed by atoms with Gasteiger partial charge in [0.2, 0.25) is 5.91 Å². The predicted octanol–water partition coefficient (Wildman–Crippen LogP) is 1.38. The Morgan fingerprint density at radius 2 is 2.39 bits per heavy atom. The van der Waals surface area contributed by atoms with E-state index >= 15 is 0 Å². The largest absolute Gasteiger partial charge is 0.352 e. The Kier molecular flexibility index (Phi) is 6.15. The van der Waals surface area contributed by atoms with Gasteiger partial charge in [-0.3, -0.25) is 14.2 Å². The van der Waals surface area contributed by atoms with Crippen LogP contribution in [0.3, 0.4) is 0 Å². The second kappa shape index (κ2) is 7.90. The van der Waals surface area contributed by atoms with Gasteiger partial charge >= 0.3 is 0 Å². The van der Waals surface area contributed by atoms with Gasteiger partial charge in [0.1, 0.15) is 4.83 Å². The summed E-state index contributed by atoms with van der Waals surface area (Å²) < 4.78 is 1.51. The first-order chi connectivity index (χ1) is 10.6. The average molecular weight is 357 g/mol. The van der Waals surface area contributed by atoms with E-state index in [1.54, 1.807) is 6.07 Å². The lowest BCUT2D eigenvalue weighted by Gasteiger charge is -2.30. The zero-order valence-electron chi connectivity index (χ0n) is 12.9. The van der Waals surface area contributed by atoms with E-state index in [1.165, 1.54) is 22.2 Å². The number of carbonyl (C=O) groups is 1. The number of piperidine rings is 1. The van der Waals surface area contributed by atoms with E-state index in [0.717, 1.165) is 24.3 Å². The maximum Gasteiger partial charge on any atom is 0.262 e. The normalized spacial score (nSPS) is 20.9. The lowest BCUT2D eigenvalue weighted by Crippen LogP contribution is -2.50. The number of hydrogen-bond donors (Lipinski definition) is 2. The van der Waals surface area contributed by atoms with Gasteiger partial charge < -0.3 is 10.6 Å². The van der Waals surface area contributed by atoms with E-state index in [1.807, 2.05) is 5.38 Å². The molecule has 23 heavy (non-hydrogen) atoms. The van der Waals surface area contributed by atoms with Crippen LogP contribution in [0.25, 0.3) is 10.2 Å². The fourth-order valence-electron chi connectivity index (χ4n) is 2.74. The molecule has 0 spiro atoms. The van der Waals surface area contributed by atoms with Crippen molar-refractivity contribution in [2.45, 2.75) is 32.4 Å². The maximum atomic E-state index is 12.2. The second-order valence-corrected chi connectivity index (χ2v) is 6.67. The third-order valence-corrected chi connectivity index (χ3v) is 5.02. The topological polar surface area (TPSA) is 76.0 Å². The number of nitrogens with one attached hydrogen (secondary N) is 2. The van der Waals surface area contributed by atoms with E-state index in [0.29, 0.717) is 24.3 Å². The smallest absolute Gasteiger partial charge is 0.262 e. The molecule has 2 aromatic heterocycles. The van der Waals surface area contributed by atoms with Gasteiger partial charge in [-0.25, -0.2) is 4.98 Å². The van der Waals surface area contributed by atoms with Crippen molar-refractivity contribution in [1.82, 2.24) is 20.2 Å². The second-order valence-electron chi connectivity index (χ2n) is 5.78. The van der Waals surface area contributed by atoms with Crippen LogP contribution in [-0.4, -0.2) is 34.6 Å². The average Bonchev–Trinajstić information content (AvgIpc) is 2.98. The third kappa shape index (κ3) is 4.10. The lowest BCUT2D eigenvalue weighted by atomic mass is 9.95. The molecule has 8 heteroatoms. The van der Waals surface area contributed by atoms with Crippen molar-refractivity contribution in [2.24, 2.45) is 5.92 Å². The van der Waals surface area contributed by atoms with Gasteiger partial charge in [-0.2, -0.15) is 0 Å². The quantitative estimate of drug-likeness (QED) is 0.867. The first kappa shape index (κ1) is 17.9. The highest BCUT2D eigenvalue weighted by Gasteiger charge is 2.22. The molecule has 1 aliphatic rings. The van der Waals surface area contributed by atoms with Gasteiger partial charge in [0.25, 0.3) is 5.56 Å². The molecule has 2 N–H and O–H groups in total. The van der Waals surface area contributed by atoms with Gasteiger partial charge in [0.15, 0.2) is 0 Å². The number of nitrogens with zero attached hydrogens (tertiary/aromatic N) is 2. The van der Waals surface area contributed by atoms with Gasteiger partial charge in [-0.1, -0.05) is 6.92 Å². The molecule has 0 saturated carbocycles. The number of aryl methyl sites for hydroxylation is 1. The third-order valence-electron chi connectivity index (χ3n) is 4.20. The number of amides is 1. The first-order valence-electron chi connectivity index (χ1n) is 7.58. The van der Waals surface area contributed by atoms with Crippen molar-refractivity contribution in [3.05, 3.63) is 28.1 Å². The van der Waals surface area contributed by atoms with E-state index in [-0.39, 0.29) is 29.9 Å². The van der Waals surface area contributed by atoms with Crippen molar-refractivity contribution >= 4 is 39.9 Å². The molecule has 6 nitrogen and oxygen atoms in total. The Balaban J connectivity index is 0.00000192. The molecule has 3 rings (SSSR count). The molecule has 2 aromatic rings. The Labute approximate surface area is 144 Å². The highest BCUT2D eigenvalue weighted by molar-refractivity contribution is 7.16. The first-order valence-corrected chi connectivity index (χ1v) is 8.46. The van der Waals surface area contributed by atoms with Crippen LogP contribution in [-0.2, 0) is 11.3 Å². The van der Waals surface area contributed by atoms with Crippen LogP contribution < -0.4 is 16.2 Å². The predicted molar refractivity (Wildman–Crippen MR) is 94.3 cm³/mol. The minimum atomic E-state index is -0.0771.